The van der Waals surface area contributed by atoms with Crippen molar-refractivity contribution in [2.24, 2.45) is 13.0 Å². The van der Waals surface area contributed by atoms with Crippen molar-refractivity contribution in [3.8, 4) is 0 Å². The van der Waals surface area contributed by atoms with Gasteiger partial charge in [-0.25, -0.2) is 9.97 Å². The lowest BCUT2D eigenvalue weighted by Crippen LogP contribution is -2.36. The number of nitrogens with zero attached hydrogens (tertiary/aromatic N) is 5. The first-order valence-corrected chi connectivity index (χ1v) is 8.05. The van der Waals surface area contributed by atoms with Crippen molar-refractivity contribution in [3.05, 3.63) is 18.3 Å². The summed E-state index contributed by atoms with van der Waals surface area (Å²) in [4.78, 5) is 25.7. The summed E-state index contributed by atoms with van der Waals surface area (Å²) in [5.74, 6) is 1.62. The third-order valence-corrected chi connectivity index (χ3v) is 4.62. The van der Waals surface area contributed by atoms with Crippen molar-refractivity contribution < 1.29 is 4.79 Å². The number of hydrogen-bond acceptors (Lipinski definition) is 4. The summed E-state index contributed by atoms with van der Waals surface area (Å²) in [6, 6.07) is 3.91. The Balaban J connectivity index is 1.54. The summed E-state index contributed by atoms with van der Waals surface area (Å²) in [7, 11) is 2.01. The SMILES string of the molecule is Cn1c(N2CCCN(C(=O)C3CC3)CC2)nc2cccnc21. The number of rotatable bonds is 2. The minimum Gasteiger partial charge on any atom is -0.341 e. The monoisotopic (exact) mass is 299 g/mol. The Morgan fingerprint density at radius 2 is 2.09 bits per heavy atom. The van der Waals surface area contributed by atoms with Crippen LogP contribution in [0.2, 0.25) is 0 Å². The van der Waals surface area contributed by atoms with Gasteiger partial charge in [0.1, 0.15) is 5.52 Å². The Morgan fingerprint density at radius 1 is 1.23 bits per heavy atom. The first-order chi connectivity index (χ1) is 10.7. The highest BCUT2D eigenvalue weighted by Crippen LogP contribution is 2.31. The van der Waals surface area contributed by atoms with E-state index in [9.17, 15) is 4.79 Å². The number of carbonyl (C=O) groups excluding carboxylic acids is 1. The first kappa shape index (κ1) is 13.5. The molecule has 0 N–H and O–H groups in total. The van der Waals surface area contributed by atoms with E-state index in [1.807, 2.05) is 28.6 Å². The lowest BCUT2D eigenvalue weighted by Gasteiger charge is -2.22. The highest BCUT2D eigenvalue weighted by molar-refractivity contribution is 5.81. The van der Waals surface area contributed by atoms with E-state index >= 15 is 0 Å². The molecule has 22 heavy (non-hydrogen) atoms. The van der Waals surface area contributed by atoms with Crippen molar-refractivity contribution in [1.82, 2.24) is 19.4 Å². The highest BCUT2D eigenvalue weighted by Gasteiger charge is 2.34. The molecule has 0 bridgehead atoms. The Kier molecular flexibility index (Phi) is 3.24. The maximum Gasteiger partial charge on any atom is 0.225 e. The number of carbonyl (C=O) groups is 1. The molecular weight excluding hydrogens is 278 g/mol. The number of aromatic nitrogens is 3. The Morgan fingerprint density at radius 3 is 2.86 bits per heavy atom. The van der Waals surface area contributed by atoms with E-state index in [2.05, 4.69) is 9.88 Å². The second-order valence-electron chi connectivity index (χ2n) is 6.26. The molecule has 2 aromatic heterocycles. The van der Waals surface area contributed by atoms with Gasteiger partial charge in [-0.2, -0.15) is 0 Å². The van der Waals surface area contributed by atoms with E-state index in [0.717, 1.165) is 62.6 Å². The van der Waals surface area contributed by atoms with Crippen LogP contribution in [0.1, 0.15) is 19.3 Å². The lowest BCUT2D eigenvalue weighted by molar-refractivity contribution is -0.132. The minimum atomic E-state index is 0.312. The van der Waals surface area contributed by atoms with Gasteiger partial charge in [-0.05, 0) is 31.4 Å². The maximum atomic E-state index is 12.2. The third kappa shape index (κ3) is 2.32. The zero-order chi connectivity index (χ0) is 15.1. The summed E-state index contributed by atoms with van der Waals surface area (Å²) in [5.41, 5.74) is 1.84. The molecule has 6 heteroatoms. The fourth-order valence-corrected chi connectivity index (χ4v) is 3.22. The van der Waals surface area contributed by atoms with Crippen LogP contribution in [0.15, 0.2) is 18.3 Å². The van der Waals surface area contributed by atoms with Gasteiger partial charge >= 0.3 is 0 Å². The summed E-state index contributed by atoms with van der Waals surface area (Å²) < 4.78 is 2.05. The van der Waals surface area contributed by atoms with Crippen molar-refractivity contribution in [3.63, 3.8) is 0 Å². The predicted octanol–water partition coefficient (Wildman–Crippen LogP) is 1.42. The van der Waals surface area contributed by atoms with Crippen LogP contribution in [0.5, 0.6) is 0 Å². The van der Waals surface area contributed by atoms with Crippen LogP contribution < -0.4 is 4.90 Å². The molecule has 2 fully saturated rings. The molecule has 3 heterocycles. The second-order valence-corrected chi connectivity index (χ2v) is 6.26. The van der Waals surface area contributed by atoms with E-state index in [-0.39, 0.29) is 0 Å². The molecule has 0 aromatic carbocycles. The molecule has 1 saturated carbocycles. The Hall–Kier alpha value is -2.11. The summed E-state index contributed by atoms with van der Waals surface area (Å²) in [6.45, 7) is 3.45. The largest absolute Gasteiger partial charge is 0.341 e. The number of aryl methyl sites for hydroxylation is 1. The van der Waals surface area contributed by atoms with Crippen LogP contribution in [0.25, 0.3) is 11.2 Å². The molecule has 0 radical (unpaired) electrons. The van der Waals surface area contributed by atoms with Gasteiger partial charge in [0.15, 0.2) is 5.65 Å². The molecule has 1 amide bonds. The molecule has 0 atom stereocenters. The van der Waals surface area contributed by atoms with E-state index in [1.165, 1.54) is 0 Å². The molecule has 1 aliphatic carbocycles. The van der Waals surface area contributed by atoms with Crippen molar-refractivity contribution in [2.75, 3.05) is 31.1 Å². The standard InChI is InChI=1S/C16H21N5O/c1-19-14-13(4-2-7-17-14)18-16(19)21-9-3-8-20(10-11-21)15(22)12-5-6-12/h2,4,7,12H,3,5-6,8-11H2,1H3. The molecule has 0 unspecified atom stereocenters. The van der Waals surface area contributed by atoms with Crippen LogP contribution in [0.3, 0.4) is 0 Å². The average Bonchev–Trinajstić information content (AvgIpc) is 3.35. The van der Waals surface area contributed by atoms with Gasteiger partial charge in [0.25, 0.3) is 0 Å². The molecule has 1 aliphatic heterocycles. The van der Waals surface area contributed by atoms with Gasteiger partial charge in [0.2, 0.25) is 11.9 Å². The normalized spacial score (nSPS) is 19.5. The van der Waals surface area contributed by atoms with Crippen LogP contribution >= 0.6 is 0 Å². The molecule has 1 saturated heterocycles. The quantitative estimate of drug-likeness (QED) is 0.841. The van der Waals surface area contributed by atoms with Crippen LogP contribution in [-0.2, 0) is 11.8 Å². The minimum absolute atomic E-state index is 0.312. The molecular formula is C16H21N5O. The van der Waals surface area contributed by atoms with Crippen molar-refractivity contribution in [2.45, 2.75) is 19.3 Å². The van der Waals surface area contributed by atoms with Gasteiger partial charge in [0.05, 0.1) is 0 Å². The zero-order valence-electron chi connectivity index (χ0n) is 12.9. The maximum absolute atomic E-state index is 12.2. The topological polar surface area (TPSA) is 54.3 Å². The zero-order valence-corrected chi connectivity index (χ0v) is 12.9. The van der Waals surface area contributed by atoms with E-state index < -0.39 is 0 Å². The molecule has 0 spiro atoms. The first-order valence-electron chi connectivity index (χ1n) is 8.05. The van der Waals surface area contributed by atoms with E-state index in [1.54, 1.807) is 6.20 Å². The van der Waals surface area contributed by atoms with Crippen molar-refractivity contribution >= 4 is 23.0 Å². The van der Waals surface area contributed by atoms with Gasteiger partial charge in [-0.15, -0.1) is 0 Å². The number of pyridine rings is 1. The molecule has 4 rings (SSSR count). The molecule has 6 nitrogen and oxygen atoms in total. The fraction of sp³-hybridized carbons (Fsp3) is 0.562. The third-order valence-electron chi connectivity index (χ3n) is 4.62. The van der Waals surface area contributed by atoms with Crippen molar-refractivity contribution in [1.29, 1.82) is 0 Å². The summed E-state index contributed by atoms with van der Waals surface area (Å²) in [6.07, 6.45) is 4.95. The smallest absolute Gasteiger partial charge is 0.225 e. The number of fused-ring (bicyclic) bond motifs is 1. The number of imidazole rings is 1. The highest BCUT2D eigenvalue weighted by atomic mass is 16.2. The number of anilines is 1. The second kappa shape index (κ2) is 5.26. The van der Waals surface area contributed by atoms with Gasteiger partial charge in [-0.3, -0.25) is 9.36 Å². The fourth-order valence-electron chi connectivity index (χ4n) is 3.22. The van der Waals surface area contributed by atoms with Crippen LogP contribution in [0.4, 0.5) is 5.95 Å². The van der Waals surface area contributed by atoms with E-state index in [0.29, 0.717) is 11.8 Å². The van der Waals surface area contributed by atoms with Crippen LogP contribution in [-0.4, -0.2) is 51.5 Å². The molecule has 2 aliphatic rings. The van der Waals surface area contributed by atoms with Crippen LogP contribution in [0, 0.1) is 5.92 Å². The average molecular weight is 299 g/mol. The van der Waals surface area contributed by atoms with E-state index in [4.69, 9.17) is 4.98 Å². The number of hydrogen-bond donors (Lipinski definition) is 0. The van der Waals surface area contributed by atoms with Gasteiger partial charge in [0, 0.05) is 45.3 Å². The Bertz CT molecular complexity index is 706. The molecule has 2 aromatic rings. The van der Waals surface area contributed by atoms with Gasteiger partial charge in [-0.1, -0.05) is 0 Å². The number of amides is 1. The Labute approximate surface area is 129 Å². The molecule has 116 valence electrons. The summed E-state index contributed by atoms with van der Waals surface area (Å²) in [5, 5.41) is 0. The van der Waals surface area contributed by atoms with Gasteiger partial charge < -0.3 is 9.80 Å². The predicted molar refractivity (Wildman–Crippen MR) is 84.6 cm³/mol. The summed E-state index contributed by atoms with van der Waals surface area (Å²) >= 11 is 0. The lowest BCUT2D eigenvalue weighted by atomic mass is 10.3.